The van der Waals surface area contributed by atoms with Gasteiger partial charge in [0.25, 0.3) is 0 Å². The molecule has 0 fully saturated rings. The Hall–Kier alpha value is -3.34. The van der Waals surface area contributed by atoms with Gasteiger partial charge in [-0.25, -0.2) is 14.6 Å². The maximum absolute atomic E-state index is 12.3. The number of guanidine groups is 1. The molecular weight excluding hydrogens is 310 g/mol. The van der Waals surface area contributed by atoms with Crippen LogP contribution in [0.15, 0.2) is 40.5 Å². The molecular formula is C16H17N5O3. The first-order valence-electron chi connectivity index (χ1n) is 7.08. The molecule has 124 valence electrons. The van der Waals surface area contributed by atoms with Crippen molar-refractivity contribution in [1.82, 2.24) is 10.2 Å². The smallest absolute Gasteiger partial charge is 0.338 e. The quantitative estimate of drug-likeness (QED) is 0.785. The van der Waals surface area contributed by atoms with Crippen LogP contribution in [-0.4, -0.2) is 37.0 Å². The number of nitrogens with zero attached hydrogens (tertiary/aromatic N) is 3. The van der Waals surface area contributed by atoms with E-state index in [1.54, 1.807) is 31.2 Å². The fourth-order valence-corrected chi connectivity index (χ4v) is 2.51. The maximum Gasteiger partial charge on any atom is 0.338 e. The molecule has 0 saturated carbocycles. The molecule has 8 heteroatoms. The standard InChI is InChI=1S/C16H17N5O3/c1-9-12(14(22)24-3)13(11-6-4-10(8-17)5-7-11)21(15(18)20-9)16(23)19-2/h4-7,13H,1-3H3,(H2,18,20)(H,19,23). The van der Waals surface area contributed by atoms with E-state index < -0.39 is 18.0 Å². The number of carbonyl (C=O) groups is 2. The second-order valence-electron chi connectivity index (χ2n) is 5.02. The predicted octanol–water partition coefficient (Wildman–Crippen LogP) is 1.02. The van der Waals surface area contributed by atoms with E-state index in [1.807, 2.05) is 6.07 Å². The minimum Gasteiger partial charge on any atom is -0.466 e. The lowest BCUT2D eigenvalue weighted by molar-refractivity contribution is -0.136. The molecule has 1 aliphatic heterocycles. The minimum absolute atomic E-state index is 0.0335. The zero-order chi connectivity index (χ0) is 17.9. The van der Waals surface area contributed by atoms with Gasteiger partial charge in [0.2, 0.25) is 5.96 Å². The normalized spacial score (nSPS) is 17.0. The summed E-state index contributed by atoms with van der Waals surface area (Å²) < 4.78 is 4.84. The lowest BCUT2D eigenvalue weighted by atomic mass is 9.94. The Morgan fingerprint density at radius 3 is 2.50 bits per heavy atom. The molecule has 1 aromatic rings. The number of hydrogen-bond donors (Lipinski definition) is 2. The topological polar surface area (TPSA) is 121 Å². The Balaban J connectivity index is 2.65. The summed E-state index contributed by atoms with van der Waals surface area (Å²) in [6.07, 6.45) is 0. The van der Waals surface area contributed by atoms with E-state index in [0.717, 1.165) is 0 Å². The molecule has 2 amide bonds. The summed E-state index contributed by atoms with van der Waals surface area (Å²) in [6, 6.07) is 7.23. The fourth-order valence-electron chi connectivity index (χ4n) is 2.51. The molecule has 1 atom stereocenters. The van der Waals surface area contributed by atoms with Gasteiger partial charge in [-0.1, -0.05) is 12.1 Å². The van der Waals surface area contributed by atoms with E-state index in [1.165, 1.54) is 19.1 Å². The lowest BCUT2D eigenvalue weighted by Gasteiger charge is -2.35. The van der Waals surface area contributed by atoms with Crippen LogP contribution in [0.3, 0.4) is 0 Å². The van der Waals surface area contributed by atoms with Crippen LogP contribution < -0.4 is 11.1 Å². The number of methoxy groups -OCH3 is 1. The predicted molar refractivity (Wildman–Crippen MR) is 86.5 cm³/mol. The van der Waals surface area contributed by atoms with E-state index >= 15 is 0 Å². The van der Waals surface area contributed by atoms with Gasteiger partial charge in [-0.2, -0.15) is 5.26 Å². The number of nitrogens with two attached hydrogens (primary N) is 1. The summed E-state index contributed by atoms with van der Waals surface area (Å²) >= 11 is 0. The summed E-state index contributed by atoms with van der Waals surface area (Å²) in [5.41, 5.74) is 7.56. The molecule has 24 heavy (non-hydrogen) atoms. The Labute approximate surface area is 139 Å². The first kappa shape index (κ1) is 17.0. The van der Waals surface area contributed by atoms with Gasteiger partial charge in [0.15, 0.2) is 0 Å². The molecule has 1 unspecified atom stereocenters. The number of carbonyl (C=O) groups excluding carboxylic acids is 2. The van der Waals surface area contributed by atoms with Crippen molar-refractivity contribution < 1.29 is 14.3 Å². The lowest BCUT2D eigenvalue weighted by Crippen LogP contribution is -2.51. The van der Waals surface area contributed by atoms with E-state index in [0.29, 0.717) is 16.8 Å². The van der Waals surface area contributed by atoms with Gasteiger partial charge in [-0.15, -0.1) is 0 Å². The van der Waals surface area contributed by atoms with Gasteiger partial charge in [0, 0.05) is 7.05 Å². The van der Waals surface area contributed by atoms with Gasteiger partial charge >= 0.3 is 12.0 Å². The van der Waals surface area contributed by atoms with E-state index in [-0.39, 0.29) is 11.5 Å². The SMILES string of the molecule is CNC(=O)N1C(N)=NC(C)=C(C(=O)OC)C1c1ccc(C#N)cc1. The van der Waals surface area contributed by atoms with Crippen LogP contribution in [0.4, 0.5) is 4.79 Å². The molecule has 8 nitrogen and oxygen atoms in total. The highest BCUT2D eigenvalue weighted by Crippen LogP contribution is 2.35. The number of hydrogen-bond acceptors (Lipinski definition) is 6. The highest BCUT2D eigenvalue weighted by atomic mass is 16.5. The van der Waals surface area contributed by atoms with Crippen LogP contribution in [0.5, 0.6) is 0 Å². The third-order valence-electron chi connectivity index (χ3n) is 3.64. The van der Waals surface area contributed by atoms with Gasteiger partial charge in [0.1, 0.15) is 6.04 Å². The van der Waals surface area contributed by atoms with E-state index in [2.05, 4.69) is 10.3 Å². The molecule has 2 rings (SSSR count). The molecule has 3 N–H and O–H groups in total. The van der Waals surface area contributed by atoms with Crippen molar-refractivity contribution in [3.05, 3.63) is 46.7 Å². The van der Waals surface area contributed by atoms with Crippen LogP contribution >= 0.6 is 0 Å². The van der Waals surface area contributed by atoms with Gasteiger partial charge in [0.05, 0.1) is 30.0 Å². The number of urea groups is 1. The second-order valence-corrected chi connectivity index (χ2v) is 5.02. The zero-order valence-corrected chi connectivity index (χ0v) is 13.5. The molecule has 0 aliphatic carbocycles. The molecule has 1 aliphatic rings. The third-order valence-corrected chi connectivity index (χ3v) is 3.64. The summed E-state index contributed by atoms with van der Waals surface area (Å²) in [5, 5.41) is 11.4. The number of nitriles is 1. The van der Waals surface area contributed by atoms with Crippen molar-refractivity contribution in [1.29, 1.82) is 5.26 Å². The molecule has 1 aromatic carbocycles. The van der Waals surface area contributed by atoms with Crippen molar-refractivity contribution >= 4 is 18.0 Å². The van der Waals surface area contributed by atoms with Crippen molar-refractivity contribution in [3.63, 3.8) is 0 Å². The summed E-state index contributed by atoms with van der Waals surface area (Å²) in [4.78, 5) is 29.8. The summed E-state index contributed by atoms with van der Waals surface area (Å²) in [5.74, 6) is -0.638. The van der Waals surface area contributed by atoms with Crippen molar-refractivity contribution in [3.8, 4) is 6.07 Å². The number of nitrogens with one attached hydrogen (secondary N) is 1. The van der Waals surface area contributed by atoms with Crippen molar-refractivity contribution in [2.24, 2.45) is 10.7 Å². The number of ether oxygens (including phenoxy) is 1. The Bertz CT molecular complexity index is 774. The summed E-state index contributed by atoms with van der Waals surface area (Å²) in [7, 11) is 2.71. The maximum atomic E-state index is 12.3. The van der Waals surface area contributed by atoms with Crippen LogP contribution in [0.1, 0.15) is 24.1 Å². The highest BCUT2D eigenvalue weighted by Gasteiger charge is 2.38. The van der Waals surface area contributed by atoms with Crippen LogP contribution in [0.25, 0.3) is 0 Å². The fraction of sp³-hybridized carbons (Fsp3) is 0.250. The van der Waals surface area contributed by atoms with E-state index in [4.69, 9.17) is 15.7 Å². The second kappa shape index (κ2) is 6.83. The zero-order valence-electron chi connectivity index (χ0n) is 13.5. The Kier molecular flexibility index (Phi) is 4.84. The Morgan fingerprint density at radius 1 is 1.38 bits per heavy atom. The molecule has 0 aromatic heterocycles. The molecule has 1 heterocycles. The Morgan fingerprint density at radius 2 is 2.00 bits per heavy atom. The molecule has 0 bridgehead atoms. The average molecular weight is 327 g/mol. The number of allylic oxidation sites excluding steroid dienone is 1. The number of rotatable bonds is 2. The van der Waals surface area contributed by atoms with Gasteiger partial charge in [-0.05, 0) is 24.6 Å². The third kappa shape index (κ3) is 2.92. The number of benzene rings is 1. The van der Waals surface area contributed by atoms with Crippen LogP contribution in [0.2, 0.25) is 0 Å². The van der Waals surface area contributed by atoms with Crippen LogP contribution in [0, 0.1) is 11.3 Å². The van der Waals surface area contributed by atoms with Crippen molar-refractivity contribution in [2.75, 3.05) is 14.2 Å². The first-order chi connectivity index (χ1) is 11.4. The summed E-state index contributed by atoms with van der Waals surface area (Å²) in [6.45, 7) is 1.62. The number of aliphatic imine (C=N–C) groups is 1. The molecule has 0 spiro atoms. The largest absolute Gasteiger partial charge is 0.466 e. The number of amides is 2. The van der Waals surface area contributed by atoms with E-state index in [9.17, 15) is 9.59 Å². The van der Waals surface area contributed by atoms with Crippen LogP contribution in [-0.2, 0) is 9.53 Å². The molecule has 0 saturated heterocycles. The average Bonchev–Trinajstić information content (AvgIpc) is 2.60. The molecule has 0 radical (unpaired) electrons. The first-order valence-corrected chi connectivity index (χ1v) is 7.08. The van der Waals surface area contributed by atoms with Crippen molar-refractivity contribution in [2.45, 2.75) is 13.0 Å². The van der Waals surface area contributed by atoms with Gasteiger partial charge < -0.3 is 15.8 Å². The number of esters is 1. The monoisotopic (exact) mass is 327 g/mol. The minimum atomic E-state index is -0.803. The van der Waals surface area contributed by atoms with Gasteiger partial charge in [-0.3, -0.25) is 4.90 Å². The highest BCUT2D eigenvalue weighted by molar-refractivity contribution is 6.02.